The number of thiophene rings is 1. The summed E-state index contributed by atoms with van der Waals surface area (Å²) in [6, 6.07) is 2.65. The molecule has 0 aromatic carbocycles. The maximum atomic E-state index is 4.68. The van der Waals surface area contributed by atoms with E-state index in [9.17, 15) is 0 Å². The highest BCUT2D eigenvalue weighted by molar-refractivity contribution is 7.18. The van der Waals surface area contributed by atoms with Crippen LogP contribution in [0.25, 0.3) is 10.2 Å². The molecular weight excluding hydrogens is 256 g/mol. The van der Waals surface area contributed by atoms with E-state index in [2.05, 4.69) is 61.0 Å². The first kappa shape index (κ1) is 14.1. The predicted octanol–water partition coefficient (Wildman–Crippen LogP) is 3.67. The molecule has 0 amide bonds. The van der Waals surface area contributed by atoms with Crippen molar-refractivity contribution >= 4 is 33.3 Å². The molecule has 1 unspecified atom stereocenters. The third-order valence-electron chi connectivity index (χ3n) is 3.42. The number of rotatable bonds is 5. The summed E-state index contributed by atoms with van der Waals surface area (Å²) >= 11 is 1.73. The van der Waals surface area contributed by atoms with Crippen molar-refractivity contribution in [1.82, 2.24) is 9.97 Å². The lowest BCUT2D eigenvalue weighted by Gasteiger charge is -2.25. The van der Waals surface area contributed by atoms with Crippen molar-refractivity contribution in [3.8, 4) is 0 Å². The molecule has 0 bridgehead atoms. The van der Waals surface area contributed by atoms with Gasteiger partial charge >= 0.3 is 0 Å². The third kappa shape index (κ3) is 2.81. The SMILES string of the molecule is CCNc1nc(N(C)C(C)CC)c2cc(C)sc2n1. The molecule has 1 N–H and O–H groups in total. The van der Waals surface area contributed by atoms with Crippen LogP contribution in [0.4, 0.5) is 11.8 Å². The number of aryl methyl sites for hydroxylation is 1. The summed E-state index contributed by atoms with van der Waals surface area (Å²) in [5, 5.41) is 4.38. The Hall–Kier alpha value is -1.36. The second-order valence-corrected chi connectivity index (χ2v) is 6.08. The van der Waals surface area contributed by atoms with Crippen LogP contribution in [0.3, 0.4) is 0 Å². The molecule has 4 nitrogen and oxygen atoms in total. The van der Waals surface area contributed by atoms with Gasteiger partial charge in [0.1, 0.15) is 10.6 Å². The molecular formula is C14H22N4S. The fourth-order valence-electron chi connectivity index (χ4n) is 2.02. The molecule has 0 saturated heterocycles. The summed E-state index contributed by atoms with van der Waals surface area (Å²) in [5.41, 5.74) is 0. The third-order valence-corrected chi connectivity index (χ3v) is 4.36. The van der Waals surface area contributed by atoms with Crippen molar-refractivity contribution in [1.29, 1.82) is 0 Å². The van der Waals surface area contributed by atoms with Crippen molar-refractivity contribution in [2.45, 2.75) is 40.2 Å². The van der Waals surface area contributed by atoms with Gasteiger partial charge in [0.15, 0.2) is 0 Å². The average molecular weight is 278 g/mol. The van der Waals surface area contributed by atoms with Crippen molar-refractivity contribution < 1.29 is 0 Å². The molecule has 1 atom stereocenters. The molecule has 19 heavy (non-hydrogen) atoms. The molecule has 0 aliphatic carbocycles. The zero-order valence-corrected chi connectivity index (χ0v) is 13.1. The highest BCUT2D eigenvalue weighted by Gasteiger charge is 2.16. The highest BCUT2D eigenvalue weighted by atomic mass is 32.1. The van der Waals surface area contributed by atoms with Gasteiger partial charge < -0.3 is 10.2 Å². The van der Waals surface area contributed by atoms with Gasteiger partial charge in [-0.1, -0.05) is 6.92 Å². The molecule has 0 fully saturated rings. The zero-order chi connectivity index (χ0) is 14.0. The Morgan fingerprint density at radius 1 is 1.37 bits per heavy atom. The van der Waals surface area contributed by atoms with Gasteiger partial charge in [-0.2, -0.15) is 4.98 Å². The molecule has 2 aromatic rings. The van der Waals surface area contributed by atoms with Gasteiger partial charge in [-0.3, -0.25) is 0 Å². The Balaban J connectivity index is 2.55. The largest absolute Gasteiger partial charge is 0.356 e. The molecule has 0 spiro atoms. The van der Waals surface area contributed by atoms with Crippen molar-refractivity contribution in [3.05, 3.63) is 10.9 Å². The Bertz CT molecular complexity index is 564. The average Bonchev–Trinajstić information content (AvgIpc) is 2.76. The van der Waals surface area contributed by atoms with E-state index in [1.54, 1.807) is 11.3 Å². The number of anilines is 2. The van der Waals surface area contributed by atoms with Crippen molar-refractivity contribution in [2.75, 3.05) is 23.8 Å². The summed E-state index contributed by atoms with van der Waals surface area (Å²) in [6.45, 7) is 9.43. The van der Waals surface area contributed by atoms with Crippen LogP contribution < -0.4 is 10.2 Å². The molecule has 0 aliphatic rings. The number of nitrogens with zero attached hydrogens (tertiary/aromatic N) is 3. The first-order valence-corrected chi connectivity index (χ1v) is 7.63. The van der Waals surface area contributed by atoms with Crippen LogP contribution >= 0.6 is 11.3 Å². The Morgan fingerprint density at radius 2 is 2.11 bits per heavy atom. The summed E-state index contributed by atoms with van der Waals surface area (Å²) in [4.78, 5) is 13.9. The van der Waals surface area contributed by atoms with Gasteiger partial charge in [0.05, 0.1) is 5.39 Å². The highest BCUT2D eigenvalue weighted by Crippen LogP contribution is 2.32. The number of hydrogen-bond acceptors (Lipinski definition) is 5. The maximum Gasteiger partial charge on any atom is 0.226 e. The quantitative estimate of drug-likeness (QED) is 0.906. The van der Waals surface area contributed by atoms with Crippen LogP contribution in [-0.4, -0.2) is 29.6 Å². The van der Waals surface area contributed by atoms with Gasteiger partial charge in [-0.05, 0) is 33.3 Å². The molecule has 2 heterocycles. The van der Waals surface area contributed by atoms with Crippen LogP contribution in [0.15, 0.2) is 6.07 Å². The van der Waals surface area contributed by atoms with E-state index in [1.165, 1.54) is 4.88 Å². The van der Waals surface area contributed by atoms with E-state index in [0.29, 0.717) is 6.04 Å². The molecule has 0 radical (unpaired) electrons. The van der Waals surface area contributed by atoms with E-state index >= 15 is 0 Å². The second-order valence-electron chi connectivity index (χ2n) is 4.85. The van der Waals surface area contributed by atoms with E-state index in [0.717, 1.165) is 34.9 Å². The zero-order valence-electron chi connectivity index (χ0n) is 12.3. The first-order valence-electron chi connectivity index (χ1n) is 6.81. The van der Waals surface area contributed by atoms with Crippen LogP contribution in [-0.2, 0) is 0 Å². The lowest BCUT2D eigenvalue weighted by Crippen LogP contribution is -2.29. The molecule has 0 aliphatic heterocycles. The van der Waals surface area contributed by atoms with Crippen LogP contribution in [0.2, 0.25) is 0 Å². The normalized spacial score (nSPS) is 12.7. The van der Waals surface area contributed by atoms with Gasteiger partial charge in [0.2, 0.25) is 5.95 Å². The predicted molar refractivity (Wildman–Crippen MR) is 84.5 cm³/mol. The van der Waals surface area contributed by atoms with E-state index in [4.69, 9.17) is 0 Å². The number of aromatic nitrogens is 2. The lowest BCUT2D eigenvalue weighted by molar-refractivity contribution is 0.659. The molecule has 104 valence electrons. The monoisotopic (exact) mass is 278 g/mol. The van der Waals surface area contributed by atoms with Gasteiger partial charge in [-0.15, -0.1) is 11.3 Å². The standard InChI is InChI=1S/C14H22N4S/c1-6-9(3)18(5)12-11-8-10(4)19-13(11)17-14(16-12)15-7-2/h8-9H,6-7H2,1-5H3,(H,15,16,17). The van der Waals surface area contributed by atoms with E-state index in [-0.39, 0.29) is 0 Å². The van der Waals surface area contributed by atoms with Gasteiger partial charge in [0.25, 0.3) is 0 Å². The van der Waals surface area contributed by atoms with Crippen LogP contribution in [0.1, 0.15) is 32.1 Å². The minimum Gasteiger partial charge on any atom is -0.356 e. The number of fused-ring (bicyclic) bond motifs is 1. The molecule has 5 heteroatoms. The minimum atomic E-state index is 0.466. The summed E-state index contributed by atoms with van der Waals surface area (Å²) < 4.78 is 0. The Labute approximate surface area is 118 Å². The summed E-state index contributed by atoms with van der Waals surface area (Å²) in [7, 11) is 2.11. The van der Waals surface area contributed by atoms with E-state index in [1.807, 2.05) is 0 Å². The molecule has 0 saturated carbocycles. The first-order chi connectivity index (χ1) is 9.06. The lowest BCUT2D eigenvalue weighted by atomic mass is 10.2. The fraction of sp³-hybridized carbons (Fsp3) is 0.571. The van der Waals surface area contributed by atoms with Gasteiger partial charge in [0, 0.05) is 24.5 Å². The molecule has 2 rings (SSSR count). The summed E-state index contributed by atoms with van der Waals surface area (Å²) in [5.74, 6) is 1.75. The second kappa shape index (κ2) is 5.74. The van der Waals surface area contributed by atoms with E-state index < -0.39 is 0 Å². The molecule has 2 aromatic heterocycles. The van der Waals surface area contributed by atoms with Crippen LogP contribution in [0.5, 0.6) is 0 Å². The van der Waals surface area contributed by atoms with Crippen molar-refractivity contribution in [3.63, 3.8) is 0 Å². The smallest absolute Gasteiger partial charge is 0.226 e. The maximum absolute atomic E-state index is 4.68. The van der Waals surface area contributed by atoms with Gasteiger partial charge in [-0.25, -0.2) is 4.98 Å². The fourth-order valence-corrected chi connectivity index (χ4v) is 2.89. The Kier molecular flexibility index (Phi) is 4.24. The Morgan fingerprint density at radius 3 is 2.74 bits per heavy atom. The van der Waals surface area contributed by atoms with Crippen LogP contribution in [0, 0.1) is 6.92 Å². The minimum absolute atomic E-state index is 0.466. The topological polar surface area (TPSA) is 41.1 Å². The number of hydrogen-bond donors (Lipinski definition) is 1. The summed E-state index contributed by atoms with van der Waals surface area (Å²) in [6.07, 6.45) is 1.10. The van der Waals surface area contributed by atoms with Crippen molar-refractivity contribution in [2.24, 2.45) is 0 Å². The number of nitrogens with one attached hydrogen (secondary N) is 1.